The molecule has 1 heterocycles. The summed E-state index contributed by atoms with van der Waals surface area (Å²) in [7, 11) is 0. The lowest BCUT2D eigenvalue weighted by Gasteiger charge is -2.13. The summed E-state index contributed by atoms with van der Waals surface area (Å²) in [6, 6.07) is 6.59. The molecule has 2 N–H and O–H groups in total. The van der Waals surface area contributed by atoms with Gasteiger partial charge >= 0.3 is 0 Å². The Morgan fingerprint density at radius 3 is 2.80 bits per heavy atom. The molecule has 0 aromatic heterocycles. The third-order valence-corrected chi connectivity index (χ3v) is 3.38. The predicted octanol–water partition coefficient (Wildman–Crippen LogP) is 2.50. The molecule has 0 saturated heterocycles. The standard InChI is InChI=1S/C12H17BrN2/c13-12-4-3-10-8-15(6-2-1-5-14)9-11(10)7-12/h3-4,7H,1-2,5-6,8-9,14H2. The molecule has 0 radical (unpaired) electrons. The highest BCUT2D eigenvalue weighted by atomic mass is 79.9. The van der Waals surface area contributed by atoms with Crippen LogP contribution < -0.4 is 5.73 Å². The van der Waals surface area contributed by atoms with Crippen LogP contribution >= 0.6 is 15.9 Å². The Morgan fingerprint density at radius 1 is 1.20 bits per heavy atom. The number of benzene rings is 1. The van der Waals surface area contributed by atoms with E-state index in [4.69, 9.17) is 5.73 Å². The molecule has 0 fully saturated rings. The van der Waals surface area contributed by atoms with Crippen molar-refractivity contribution in [3.8, 4) is 0 Å². The lowest BCUT2D eigenvalue weighted by molar-refractivity contribution is 0.278. The van der Waals surface area contributed by atoms with Gasteiger partial charge < -0.3 is 5.73 Å². The van der Waals surface area contributed by atoms with Gasteiger partial charge in [-0.3, -0.25) is 4.90 Å². The summed E-state index contributed by atoms with van der Waals surface area (Å²) in [5.41, 5.74) is 8.44. The Hall–Kier alpha value is -0.380. The summed E-state index contributed by atoms with van der Waals surface area (Å²) < 4.78 is 1.19. The molecule has 0 bridgehead atoms. The van der Waals surface area contributed by atoms with E-state index in [-0.39, 0.29) is 0 Å². The van der Waals surface area contributed by atoms with Crippen LogP contribution in [0.15, 0.2) is 22.7 Å². The zero-order valence-electron chi connectivity index (χ0n) is 8.88. The molecule has 0 saturated carbocycles. The summed E-state index contributed by atoms with van der Waals surface area (Å²) in [5, 5.41) is 0. The molecular weight excluding hydrogens is 252 g/mol. The molecule has 0 unspecified atom stereocenters. The van der Waals surface area contributed by atoms with E-state index in [1.807, 2.05) is 0 Å². The number of unbranched alkanes of at least 4 members (excludes halogenated alkanes) is 1. The largest absolute Gasteiger partial charge is 0.330 e. The third-order valence-electron chi connectivity index (χ3n) is 2.88. The molecule has 3 heteroatoms. The van der Waals surface area contributed by atoms with Crippen LogP contribution in [0.5, 0.6) is 0 Å². The van der Waals surface area contributed by atoms with Crippen LogP contribution in [-0.2, 0) is 13.1 Å². The highest BCUT2D eigenvalue weighted by Gasteiger charge is 2.17. The van der Waals surface area contributed by atoms with E-state index in [1.54, 1.807) is 0 Å². The van der Waals surface area contributed by atoms with E-state index in [1.165, 1.54) is 28.6 Å². The van der Waals surface area contributed by atoms with Crippen molar-refractivity contribution >= 4 is 15.9 Å². The van der Waals surface area contributed by atoms with E-state index in [2.05, 4.69) is 39.0 Å². The van der Waals surface area contributed by atoms with E-state index in [9.17, 15) is 0 Å². The van der Waals surface area contributed by atoms with Crippen molar-refractivity contribution in [3.63, 3.8) is 0 Å². The second-order valence-electron chi connectivity index (χ2n) is 4.12. The van der Waals surface area contributed by atoms with Gasteiger partial charge in [0.25, 0.3) is 0 Å². The summed E-state index contributed by atoms with van der Waals surface area (Å²) in [6.07, 6.45) is 2.35. The minimum Gasteiger partial charge on any atom is -0.330 e. The average molecular weight is 269 g/mol. The minimum atomic E-state index is 0.812. The fraction of sp³-hybridized carbons (Fsp3) is 0.500. The van der Waals surface area contributed by atoms with Gasteiger partial charge in [-0.05, 0) is 49.2 Å². The zero-order valence-corrected chi connectivity index (χ0v) is 10.5. The van der Waals surface area contributed by atoms with Crippen molar-refractivity contribution < 1.29 is 0 Å². The molecular formula is C12H17BrN2. The molecule has 0 amide bonds. The van der Waals surface area contributed by atoms with Gasteiger partial charge in [-0.25, -0.2) is 0 Å². The zero-order chi connectivity index (χ0) is 10.7. The average Bonchev–Trinajstić information content (AvgIpc) is 2.60. The molecule has 15 heavy (non-hydrogen) atoms. The Bertz CT molecular complexity index is 338. The maximum atomic E-state index is 5.49. The number of hydrogen-bond acceptors (Lipinski definition) is 2. The summed E-state index contributed by atoms with van der Waals surface area (Å²) in [4.78, 5) is 2.49. The predicted molar refractivity (Wildman–Crippen MR) is 66.5 cm³/mol. The van der Waals surface area contributed by atoms with Gasteiger partial charge in [-0.2, -0.15) is 0 Å². The van der Waals surface area contributed by atoms with Gasteiger partial charge in [0, 0.05) is 17.6 Å². The van der Waals surface area contributed by atoms with Gasteiger partial charge in [0.15, 0.2) is 0 Å². The summed E-state index contributed by atoms with van der Waals surface area (Å²) >= 11 is 3.51. The van der Waals surface area contributed by atoms with Crippen LogP contribution in [0.1, 0.15) is 24.0 Å². The highest BCUT2D eigenvalue weighted by molar-refractivity contribution is 9.10. The van der Waals surface area contributed by atoms with Crippen LogP contribution in [0.4, 0.5) is 0 Å². The molecule has 2 rings (SSSR count). The van der Waals surface area contributed by atoms with Gasteiger partial charge in [0.1, 0.15) is 0 Å². The number of halogens is 1. The number of hydrogen-bond donors (Lipinski definition) is 1. The number of fused-ring (bicyclic) bond motifs is 1. The van der Waals surface area contributed by atoms with Crippen LogP contribution in [0.25, 0.3) is 0 Å². The molecule has 1 aliphatic rings. The van der Waals surface area contributed by atoms with Crippen LogP contribution in [0.2, 0.25) is 0 Å². The molecule has 0 aliphatic carbocycles. The SMILES string of the molecule is NCCCCN1Cc2ccc(Br)cc2C1. The Kier molecular flexibility index (Phi) is 3.78. The van der Waals surface area contributed by atoms with Gasteiger partial charge in [-0.1, -0.05) is 22.0 Å². The highest BCUT2D eigenvalue weighted by Crippen LogP contribution is 2.25. The monoisotopic (exact) mass is 268 g/mol. The van der Waals surface area contributed by atoms with Crippen molar-refractivity contribution in [1.29, 1.82) is 0 Å². The molecule has 2 nitrogen and oxygen atoms in total. The second kappa shape index (κ2) is 5.10. The smallest absolute Gasteiger partial charge is 0.0240 e. The molecule has 0 spiro atoms. The van der Waals surface area contributed by atoms with Crippen molar-refractivity contribution in [2.75, 3.05) is 13.1 Å². The Labute approximate surface area is 99.6 Å². The maximum Gasteiger partial charge on any atom is 0.0240 e. The number of nitrogens with two attached hydrogens (primary N) is 1. The molecule has 1 aliphatic heterocycles. The fourth-order valence-corrected chi connectivity index (χ4v) is 2.48. The van der Waals surface area contributed by atoms with Crippen LogP contribution in [0, 0.1) is 0 Å². The van der Waals surface area contributed by atoms with E-state index in [0.29, 0.717) is 0 Å². The van der Waals surface area contributed by atoms with Gasteiger partial charge in [-0.15, -0.1) is 0 Å². The van der Waals surface area contributed by atoms with E-state index < -0.39 is 0 Å². The quantitative estimate of drug-likeness (QED) is 0.851. The first-order valence-corrected chi connectivity index (χ1v) is 6.28. The first kappa shape index (κ1) is 11.1. The van der Waals surface area contributed by atoms with Gasteiger partial charge in [0.2, 0.25) is 0 Å². The lowest BCUT2D eigenvalue weighted by atomic mass is 10.1. The summed E-state index contributed by atoms with van der Waals surface area (Å²) in [6.45, 7) is 4.18. The first-order chi connectivity index (χ1) is 7.29. The molecule has 0 atom stereocenters. The Morgan fingerprint density at radius 2 is 2.00 bits per heavy atom. The van der Waals surface area contributed by atoms with Crippen molar-refractivity contribution in [2.24, 2.45) is 5.73 Å². The second-order valence-corrected chi connectivity index (χ2v) is 5.04. The summed E-state index contributed by atoms with van der Waals surface area (Å²) in [5.74, 6) is 0. The maximum absolute atomic E-state index is 5.49. The minimum absolute atomic E-state index is 0.812. The normalized spacial score (nSPS) is 15.6. The lowest BCUT2D eigenvalue weighted by Crippen LogP contribution is -2.18. The van der Waals surface area contributed by atoms with E-state index in [0.717, 1.165) is 26.1 Å². The third kappa shape index (κ3) is 2.80. The fourth-order valence-electron chi connectivity index (χ4n) is 2.07. The van der Waals surface area contributed by atoms with Crippen LogP contribution in [-0.4, -0.2) is 18.0 Å². The van der Waals surface area contributed by atoms with Crippen molar-refractivity contribution in [2.45, 2.75) is 25.9 Å². The molecule has 82 valence electrons. The Balaban J connectivity index is 1.91. The van der Waals surface area contributed by atoms with Gasteiger partial charge in [0.05, 0.1) is 0 Å². The van der Waals surface area contributed by atoms with Crippen molar-refractivity contribution in [1.82, 2.24) is 4.90 Å². The number of rotatable bonds is 4. The van der Waals surface area contributed by atoms with Crippen molar-refractivity contribution in [3.05, 3.63) is 33.8 Å². The topological polar surface area (TPSA) is 29.3 Å². The van der Waals surface area contributed by atoms with Crippen LogP contribution in [0.3, 0.4) is 0 Å². The van der Waals surface area contributed by atoms with E-state index >= 15 is 0 Å². The number of nitrogens with zero attached hydrogens (tertiary/aromatic N) is 1. The molecule has 1 aromatic rings. The first-order valence-electron chi connectivity index (χ1n) is 5.49. The molecule has 1 aromatic carbocycles.